The molecule has 0 spiro atoms. The van der Waals surface area contributed by atoms with Gasteiger partial charge in [0, 0.05) is 12.6 Å². The van der Waals surface area contributed by atoms with Crippen LogP contribution in [0.25, 0.3) is 10.2 Å². The van der Waals surface area contributed by atoms with Crippen LogP contribution in [0.15, 0.2) is 23.7 Å². The molecule has 2 aromatic rings. The van der Waals surface area contributed by atoms with Crippen LogP contribution in [0.1, 0.15) is 36.0 Å². The topological polar surface area (TPSA) is 33.2 Å². The van der Waals surface area contributed by atoms with Crippen LogP contribution >= 0.6 is 11.3 Å². The molecule has 20 heavy (non-hydrogen) atoms. The van der Waals surface area contributed by atoms with Gasteiger partial charge < -0.3 is 4.90 Å². The molecule has 0 saturated heterocycles. The lowest BCUT2D eigenvalue weighted by Crippen LogP contribution is -2.44. The van der Waals surface area contributed by atoms with Crippen molar-refractivity contribution in [1.82, 2.24) is 9.88 Å². The average molecular weight is 292 g/mol. The molecule has 1 fully saturated rings. The van der Waals surface area contributed by atoms with Gasteiger partial charge in [0.05, 0.1) is 21.8 Å². The first-order chi connectivity index (χ1) is 9.66. The number of fused-ring (bicyclic) bond motifs is 1. The second-order valence-electron chi connectivity index (χ2n) is 5.32. The van der Waals surface area contributed by atoms with Gasteiger partial charge in [-0.05, 0) is 31.0 Å². The third-order valence-electron chi connectivity index (χ3n) is 4.04. The van der Waals surface area contributed by atoms with E-state index in [1.807, 2.05) is 12.1 Å². The Morgan fingerprint density at radius 1 is 1.40 bits per heavy atom. The van der Waals surface area contributed by atoms with E-state index in [1.165, 1.54) is 11.3 Å². The minimum absolute atomic E-state index is 0.102. The van der Waals surface area contributed by atoms with Gasteiger partial charge in [0.25, 0.3) is 5.91 Å². The lowest BCUT2D eigenvalue weighted by molar-refractivity contribution is 0.0546. The van der Waals surface area contributed by atoms with E-state index in [1.54, 1.807) is 23.5 Å². The first-order valence-corrected chi connectivity index (χ1v) is 7.79. The Kier molecular flexibility index (Phi) is 3.70. The van der Waals surface area contributed by atoms with Crippen LogP contribution in [0, 0.1) is 0 Å². The number of carbonyl (C=O) groups excluding carboxylic acids is 1. The number of hydrogen-bond acceptors (Lipinski definition) is 3. The fourth-order valence-corrected chi connectivity index (χ4v) is 3.56. The van der Waals surface area contributed by atoms with E-state index >= 15 is 0 Å². The number of hydrogen-bond donors (Lipinski definition) is 0. The van der Waals surface area contributed by atoms with Crippen LogP contribution in [0.3, 0.4) is 0 Å². The Morgan fingerprint density at radius 2 is 2.20 bits per heavy atom. The molecule has 3 rings (SSSR count). The zero-order valence-electron chi connectivity index (χ0n) is 11.4. The van der Waals surface area contributed by atoms with E-state index in [9.17, 15) is 9.18 Å². The summed E-state index contributed by atoms with van der Waals surface area (Å²) in [5.41, 5.74) is 3.28. The minimum Gasteiger partial charge on any atom is -0.336 e. The summed E-state index contributed by atoms with van der Waals surface area (Å²) in [6.07, 6.45) is 2.34. The summed E-state index contributed by atoms with van der Waals surface area (Å²) in [6.45, 7) is 0. The van der Waals surface area contributed by atoms with E-state index in [0.29, 0.717) is 12.0 Å². The zero-order chi connectivity index (χ0) is 14.1. The molecule has 1 aromatic heterocycles. The van der Waals surface area contributed by atoms with Crippen molar-refractivity contribution in [1.29, 1.82) is 0 Å². The van der Waals surface area contributed by atoms with Crippen LogP contribution in [0.2, 0.25) is 0 Å². The Balaban J connectivity index is 1.83. The molecular formula is C15H17FN2OS. The maximum atomic E-state index is 14.0. The largest absolute Gasteiger partial charge is 0.336 e. The number of rotatable bonds is 2. The Bertz CT molecular complexity index is 627. The number of halogens is 1. The lowest BCUT2D eigenvalue weighted by atomic mass is 9.92. The molecule has 0 N–H and O–H groups in total. The highest BCUT2D eigenvalue weighted by molar-refractivity contribution is 7.16. The van der Waals surface area contributed by atoms with Crippen LogP contribution in [0.4, 0.5) is 4.39 Å². The smallest absolute Gasteiger partial charge is 0.253 e. The first-order valence-electron chi connectivity index (χ1n) is 6.91. The predicted octanol–water partition coefficient (Wildman–Crippen LogP) is 3.65. The lowest BCUT2D eigenvalue weighted by Gasteiger charge is -2.34. The van der Waals surface area contributed by atoms with Crippen molar-refractivity contribution in [2.75, 3.05) is 7.05 Å². The van der Waals surface area contributed by atoms with Gasteiger partial charge in [-0.3, -0.25) is 4.79 Å². The van der Waals surface area contributed by atoms with E-state index in [-0.39, 0.29) is 11.9 Å². The fourth-order valence-electron chi connectivity index (χ4n) is 2.84. The Morgan fingerprint density at radius 3 is 3.00 bits per heavy atom. The molecule has 0 unspecified atom stereocenters. The van der Waals surface area contributed by atoms with Crippen LogP contribution in [0.5, 0.6) is 0 Å². The second-order valence-corrected chi connectivity index (χ2v) is 6.21. The standard InChI is InChI=1S/C15H17FN2OS/c1-18(13-5-3-2-4-11(13)16)15(19)10-6-7-12-14(8-10)20-9-17-12/h6-9,11,13H,2-5H2,1H3/t11-,13-/m1/s1. The van der Waals surface area contributed by atoms with E-state index in [4.69, 9.17) is 0 Å². The Hall–Kier alpha value is -1.49. The van der Waals surface area contributed by atoms with Crippen LogP contribution in [-0.4, -0.2) is 35.1 Å². The normalized spacial score (nSPS) is 22.9. The highest BCUT2D eigenvalue weighted by atomic mass is 32.1. The van der Waals surface area contributed by atoms with Crippen LogP contribution < -0.4 is 0 Å². The zero-order valence-corrected chi connectivity index (χ0v) is 12.2. The second kappa shape index (κ2) is 5.48. The summed E-state index contributed by atoms with van der Waals surface area (Å²) in [6, 6.07) is 5.19. The van der Waals surface area contributed by atoms with Crippen molar-refractivity contribution < 1.29 is 9.18 Å². The molecule has 1 amide bonds. The molecular weight excluding hydrogens is 275 g/mol. The van der Waals surface area contributed by atoms with Gasteiger partial charge in [-0.1, -0.05) is 12.8 Å². The highest BCUT2D eigenvalue weighted by Crippen LogP contribution is 2.27. The van der Waals surface area contributed by atoms with Crippen molar-refractivity contribution in [3.05, 3.63) is 29.3 Å². The number of alkyl halides is 1. The maximum absolute atomic E-state index is 14.0. The highest BCUT2D eigenvalue weighted by Gasteiger charge is 2.31. The number of benzene rings is 1. The summed E-state index contributed by atoms with van der Waals surface area (Å²) < 4.78 is 15.0. The summed E-state index contributed by atoms with van der Waals surface area (Å²) in [5.74, 6) is -0.102. The third-order valence-corrected chi connectivity index (χ3v) is 4.84. The minimum atomic E-state index is -0.898. The molecule has 0 bridgehead atoms. The summed E-state index contributed by atoms with van der Waals surface area (Å²) in [4.78, 5) is 18.3. The number of amides is 1. The fraction of sp³-hybridized carbons (Fsp3) is 0.467. The van der Waals surface area contributed by atoms with Gasteiger partial charge in [-0.2, -0.15) is 0 Å². The van der Waals surface area contributed by atoms with Crippen molar-refractivity contribution in [2.45, 2.75) is 37.9 Å². The molecule has 5 heteroatoms. The van der Waals surface area contributed by atoms with Gasteiger partial charge in [0.1, 0.15) is 6.17 Å². The molecule has 1 aliphatic rings. The number of thiazole rings is 1. The molecule has 0 radical (unpaired) electrons. The van der Waals surface area contributed by atoms with Crippen molar-refractivity contribution >= 4 is 27.5 Å². The van der Waals surface area contributed by atoms with Crippen molar-refractivity contribution in [2.24, 2.45) is 0 Å². The summed E-state index contributed by atoms with van der Waals surface area (Å²) in [5, 5.41) is 0. The molecule has 1 heterocycles. The summed E-state index contributed by atoms with van der Waals surface area (Å²) in [7, 11) is 1.71. The third kappa shape index (κ3) is 2.42. The molecule has 1 saturated carbocycles. The Labute approximate surface area is 121 Å². The maximum Gasteiger partial charge on any atom is 0.253 e. The quantitative estimate of drug-likeness (QED) is 0.846. The monoisotopic (exact) mass is 292 g/mol. The summed E-state index contributed by atoms with van der Waals surface area (Å²) >= 11 is 1.51. The van der Waals surface area contributed by atoms with Gasteiger partial charge in [-0.25, -0.2) is 9.37 Å². The molecule has 2 atom stereocenters. The molecule has 1 aliphatic carbocycles. The average Bonchev–Trinajstić information content (AvgIpc) is 2.93. The van der Waals surface area contributed by atoms with E-state index in [0.717, 1.165) is 29.5 Å². The molecule has 0 aliphatic heterocycles. The van der Waals surface area contributed by atoms with E-state index in [2.05, 4.69) is 4.98 Å². The number of carbonyl (C=O) groups is 1. The van der Waals surface area contributed by atoms with Crippen molar-refractivity contribution in [3.8, 4) is 0 Å². The molecule has 106 valence electrons. The molecule has 3 nitrogen and oxygen atoms in total. The van der Waals surface area contributed by atoms with Crippen molar-refractivity contribution in [3.63, 3.8) is 0 Å². The number of aromatic nitrogens is 1. The SMILES string of the molecule is CN(C(=O)c1ccc2ncsc2c1)[C@@H]1CCCC[C@H]1F. The van der Waals surface area contributed by atoms with Gasteiger partial charge in [0.2, 0.25) is 0 Å². The molecule has 1 aromatic carbocycles. The van der Waals surface area contributed by atoms with Gasteiger partial charge in [0.15, 0.2) is 0 Å². The van der Waals surface area contributed by atoms with Gasteiger partial charge in [-0.15, -0.1) is 11.3 Å². The van der Waals surface area contributed by atoms with Crippen LogP contribution in [-0.2, 0) is 0 Å². The number of nitrogens with zero attached hydrogens (tertiary/aromatic N) is 2. The van der Waals surface area contributed by atoms with Gasteiger partial charge >= 0.3 is 0 Å². The first kappa shape index (κ1) is 13.5. The van der Waals surface area contributed by atoms with E-state index < -0.39 is 6.17 Å². The predicted molar refractivity (Wildman–Crippen MR) is 78.9 cm³/mol.